The van der Waals surface area contributed by atoms with Gasteiger partial charge in [-0.25, -0.2) is 0 Å². The molecule has 1 aliphatic carbocycles. The Bertz CT molecular complexity index is 1020. The van der Waals surface area contributed by atoms with Crippen LogP contribution in [0.15, 0.2) is 90.6 Å². The number of hydrogen-bond acceptors (Lipinski definition) is 2. The molecule has 1 heterocycles. The highest BCUT2D eigenvalue weighted by Crippen LogP contribution is 2.56. The molecule has 1 aliphatic heterocycles. The third kappa shape index (κ3) is 2.56. The summed E-state index contributed by atoms with van der Waals surface area (Å²) < 4.78 is 5.57. The van der Waals surface area contributed by atoms with Crippen molar-refractivity contribution >= 4 is 5.69 Å². The fourth-order valence-corrected chi connectivity index (χ4v) is 4.99. The SMILES string of the molecule is COc1cccc([C@@]23CCCC=C2N(Cc2ccccc2)c2ccccc23)c1. The number of methoxy groups -OCH3 is 1. The maximum absolute atomic E-state index is 5.57. The number of benzene rings is 3. The molecular formula is C26H25NO. The molecule has 0 N–H and O–H groups in total. The van der Waals surface area contributed by atoms with E-state index < -0.39 is 0 Å². The Balaban J connectivity index is 1.70. The van der Waals surface area contributed by atoms with E-state index >= 15 is 0 Å². The van der Waals surface area contributed by atoms with Gasteiger partial charge in [0.05, 0.1) is 12.5 Å². The number of hydrogen-bond donors (Lipinski definition) is 0. The lowest BCUT2D eigenvalue weighted by Gasteiger charge is -2.37. The van der Waals surface area contributed by atoms with E-state index in [9.17, 15) is 0 Å². The molecule has 0 fully saturated rings. The standard InChI is InChI=1S/C26H25NO/c1-28-22-13-9-12-21(18-22)26-17-8-7-16-25(26)27(19-20-10-3-2-4-11-20)24-15-6-5-14-23(24)26/h2-6,9-16,18H,7-8,17,19H2,1H3/t26-/m1/s1. The highest BCUT2D eigenvalue weighted by molar-refractivity contribution is 5.75. The summed E-state index contributed by atoms with van der Waals surface area (Å²) in [5.74, 6) is 0.927. The molecule has 0 saturated carbocycles. The van der Waals surface area contributed by atoms with Crippen LogP contribution in [0.1, 0.15) is 36.0 Å². The summed E-state index contributed by atoms with van der Waals surface area (Å²) in [5, 5.41) is 0. The van der Waals surface area contributed by atoms with E-state index in [1.807, 2.05) is 6.07 Å². The van der Waals surface area contributed by atoms with Gasteiger partial charge in [0.15, 0.2) is 0 Å². The van der Waals surface area contributed by atoms with Gasteiger partial charge in [-0.2, -0.15) is 0 Å². The molecule has 0 aromatic heterocycles. The Morgan fingerprint density at radius 1 is 0.929 bits per heavy atom. The van der Waals surface area contributed by atoms with Crippen LogP contribution in [0.3, 0.4) is 0 Å². The first-order chi connectivity index (χ1) is 13.8. The van der Waals surface area contributed by atoms with Crippen molar-refractivity contribution in [3.63, 3.8) is 0 Å². The summed E-state index contributed by atoms with van der Waals surface area (Å²) in [7, 11) is 1.75. The number of rotatable bonds is 4. The first-order valence-corrected chi connectivity index (χ1v) is 10.1. The predicted octanol–water partition coefficient (Wildman–Crippen LogP) is 6.07. The van der Waals surface area contributed by atoms with Crippen molar-refractivity contribution in [2.24, 2.45) is 0 Å². The Morgan fingerprint density at radius 3 is 2.61 bits per heavy atom. The molecule has 3 aromatic rings. The van der Waals surface area contributed by atoms with E-state index in [2.05, 4.69) is 83.8 Å². The Hall–Kier alpha value is -3.00. The van der Waals surface area contributed by atoms with Gasteiger partial charge < -0.3 is 9.64 Å². The van der Waals surface area contributed by atoms with Crippen LogP contribution >= 0.6 is 0 Å². The maximum atomic E-state index is 5.57. The monoisotopic (exact) mass is 367 g/mol. The van der Waals surface area contributed by atoms with Gasteiger partial charge in [-0.1, -0.05) is 66.7 Å². The summed E-state index contributed by atoms with van der Waals surface area (Å²) >= 11 is 0. The molecule has 0 spiro atoms. The smallest absolute Gasteiger partial charge is 0.119 e. The van der Waals surface area contributed by atoms with Crippen LogP contribution in [0, 0.1) is 0 Å². The van der Waals surface area contributed by atoms with Crippen LogP contribution in [0.4, 0.5) is 5.69 Å². The van der Waals surface area contributed by atoms with Gasteiger partial charge in [-0.15, -0.1) is 0 Å². The summed E-state index contributed by atoms with van der Waals surface area (Å²) in [6, 6.07) is 28.4. The van der Waals surface area contributed by atoms with Gasteiger partial charge in [-0.3, -0.25) is 0 Å². The molecule has 0 bridgehead atoms. The van der Waals surface area contributed by atoms with Crippen LogP contribution < -0.4 is 9.64 Å². The van der Waals surface area contributed by atoms with Gasteiger partial charge in [0.25, 0.3) is 0 Å². The van der Waals surface area contributed by atoms with Crippen LogP contribution in [0.5, 0.6) is 5.75 Å². The van der Waals surface area contributed by atoms with Crippen LogP contribution in [0.25, 0.3) is 0 Å². The molecule has 5 rings (SSSR count). The van der Waals surface area contributed by atoms with Crippen molar-refractivity contribution in [1.82, 2.24) is 0 Å². The van der Waals surface area contributed by atoms with Gasteiger partial charge in [0.1, 0.15) is 5.75 Å². The first kappa shape index (κ1) is 17.1. The predicted molar refractivity (Wildman–Crippen MR) is 115 cm³/mol. The zero-order valence-corrected chi connectivity index (χ0v) is 16.3. The largest absolute Gasteiger partial charge is 0.497 e. The van der Waals surface area contributed by atoms with Crippen LogP contribution in [-0.4, -0.2) is 7.11 Å². The number of allylic oxidation sites excluding steroid dienone is 2. The summed E-state index contributed by atoms with van der Waals surface area (Å²) in [6.07, 6.45) is 5.94. The second-order valence-corrected chi connectivity index (χ2v) is 7.71. The van der Waals surface area contributed by atoms with Crippen molar-refractivity contribution in [2.75, 3.05) is 12.0 Å². The molecule has 2 nitrogen and oxygen atoms in total. The Morgan fingerprint density at radius 2 is 1.75 bits per heavy atom. The molecule has 0 radical (unpaired) electrons. The number of ether oxygens (including phenoxy) is 1. The fraction of sp³-hybridized carbons (Fsp3) is 0.231. The average molecular weight is 367 g/mol. The summed E-state index contributed by atoms with van der Waals surface area (Å²) in [6.45, 7) is 0.898. The zero-order valence-electron chi connectivity index (χ0n) is 16.3. The van der Waals surface area contributed by atoms with Gasteiger partial charge in [-0.05, 0) is 54.2 Å². The maximum Gasteiger partial charge on any atom is 0.119 e. The van der Waals surface area contributed by atoms with Crippen molar-refractivity contribution in [3.05, 3.63) is 107 Å². The topological polar surface area (TPSA) is 12.5 Å². The van der Waals surface area contributed by atoms with E-state index in [1.165, 1.54) is 34.5 Å². The molecule has 28 heavy (non-hydrogen) atoms. The Labute approximate surface area is 167 Å². The van der Waals surface area contributed by atoms with Crippen LogP contribution in [-0.2, 0) is 12.0 Å². The molecule has 0 saturated heterocycles. The average Bonchev–Trinajstić information content (AvgIpc) is 3.06. The molecule has 140 valence electrons. The third-order valence-electron chi connectivity index (χ3n) is 6.22. The van der Waals surface area contributed by atoms with Crippen molar-refractivity contribution in [3.8, 4) is 5.75 Å². The summed E-state index contributed by atoms with van der Waals surface area (Å²) in [5.41, 5.74) is 6.77. The number of anilines is 1. The lowest BCUT2D eigenvalue weighted by Crippen LogP contribution is -2.34. The quantitative estimate of drug-likeness (QED) is 0.555. The minimum absolute atomic E-state index is 0.0852. The zero-order chi connectivity index (χ0) is 19.0. The van der Waals surface area contributed by atoms with Crippen molar-refractivity contribution in [1.29, 1.82) is 0 Å². The second-order valence-electron chi connectivity index (χ2n) is 7.71. The van der Waals surface area contributed by atoms with E-state index in [0.717, 1.165) is 25.1 Å². The second kappa shape index (κ2) is 6.87. The number of para-hydroxylation sites is 1. The molecule has 1 atom stereocenters. The number of fused-ring (bicyclic) bond motifs is 3. The minimum atomic E-state index is -0.0852. The molecule has 2 aliphatic rings. The fourth-order valence-electron chi connectivity index (χ4n) is 4.99. The molecule has 2 heteroatoms. The van der Waals surface area contributed by atoms with Gasteiger partial charge in [0, 0.05) is 17.9 Å². The van der Waals surface area contributed by atoms with E-state index in [-0.39, 0.29) is 5.41 Å². The molecule has 0 amide bonds. The van der Waals surface area contributed by atoms with E-state index in [0.29, 0.717) is 0 Å². The van der Waals surface area contributed by atoms with E-state index in [4.69, 9.17) is 4.74 Å². The lowest BCUT2D eigenvalue weighted by molar-refractivity contribution is 0.412. The van der Waals surface area contributed by atoms with Gasteiger partial charge in [0.2, 0.25) is 0 Å². The lowest BCUT2D eigenvalue weighted by atomic mass is 9.68. The third-order valence-corrected chi connectivity index (χ3v) is 6.22. The molecule has 3 aromatic carbocycles. The van der Waals surface area contributed by atoms with Crippen molar-refractivity contribution < 1.29 is 4.74 Å². The first-order valence-electron chi connectivity index (χ1n) is 10.1. The highest BCUT2D eigenvalue weighted by Gasteiger charge is 2.49. The van der Waals surface area contributed by atoms with Gasteiger partial charge >= 0.3 is 0 Å². The highest BCUT2D eigenvalue weighted by atomic mass is 16.5. The summed E-state index contributed by atoms with van der Waals surface area (Å²) in [4.78, 5) is 2.53. The molecule has 0 unspecified atom stereocenters. The van der Waals surface area contributed by atoms with Crippen LogP contribution in [0.2, 0.25) is 0 Å². The number of nitrogens with zero attached hydrogens (tertiary/aromatic N) is 1. The normalized spacial score (nSPS) is 20.3. The van der Waals surface area contributed by atoms with Crippen molar-refractivity contribution in [2.45, 2.75) is 31.2 Å². The molecular weight excluding hydrogens is 342 g/mol. The minimum Gasteiger partial charge on any atom is -0.497 e. The van der Waals surface area contributed by atoms with E-state index in [1.54, 1.807) is 7.11 Å². The Kier molecular flexibility index (Phi) is 4.20.